The second-order valence-corrected chi connectivity index (χ2v) is 6.34. The molecule has 0 aromatic carbocycles. The molecule has 0 saturated carbocycles. The molecule has 112 valence electrons. The predicted molar refractivity (Wildman–Crippen MR) is 87.8 cm³/mol. The van der Waals surface area contributed by atoms with Gasteiger partial charge in [-0.25, -0.2) is 10.0 Å². The van der Waals surface area contributed by atoms with Crippen LogP contribution in [-0.4, -0.2) is 44.8 Å². The molecule has 0 bridgehead atoms. The van der Waals surface area contributed by atoms with E-state index in [0.717, 1.165) is 26.2 Å². The molecule has 0 spiro atoms. The van der Waals surface area contributed by atoms with Gasteiger partial charge in [0, 0.05) is 26.2 Å². The van der Waals surface area contributed by atoms with Gasteiger partial charge in [-0.3, -0.25) is 0 Å². The summed E-state index contributed by atoms with van der Waals surface area (Å²) in [6.45, 7) is 4.32. The summed E-state index contributed by atoms with van der Waals surface area (Å²) in [6.07, 6.45) is 5.02. The third-order valence-electron chi connectivity index (χ3n) is 2.71. The van der Waals surface area contributed by atoms with Crippen molar-refractivity contribution in [2.45, 2.75) is 25.7 Å². The molecule has 2 rings (SSSR count). The number of hydrogen-bond acceptors (Lipinski definition) is 6. The number of hydrazine groups is 2. The molecular weight excluding hydrogens is 363 g/mol. The minimum atomic E-state index is 0. The van der Waals surface area contributed by atoms with Gasteiger partial charge in [0.2, 0.25) is 0 Å². The molecule has 2 aliphatic heterocycles. The maximum Gasteiger partial charge on any atom is 2.00 e. The van der Waals surface area contributed by atoms with Gasteiger partial charge in [-0.2, -0.15) is 0 Å². The Kier molecular flexibility index (Phi) is 11.7. The number of nitrogens with zero attached hydrogens (tertiary/aromatic N) is 2. The van der Waals surface area contributed by atoms with E-state index in [-0.39, 0.29) is 16.5 Å². The van der Waals surface area contributed by atoms with Crippen LogP contribution in [0.2, 0.25) is 0 Å². The quantitative estimate of drug-likeness (QED) is 0.414. The summed E-state index contributed by atoms with van der Waals surface area (Å²) in [7, 11) is 0. The Hall–Kier alpha value is 0.634. The van der Waals surface area contributed by atoms with E-state index in [4.69, 9.17) is 49.7 Å². The standard InChI is InChI=1S/2C5H10N2S2.Ni/c2*8-5(9)6-7-3-1-2-4-7;/h2*1-4H2,(H2,6,8,9);/q;;+2/p-2. The Morgan fingerprint density at radius 1 is 0.737 bits per heavy atom. The van der Waals surface area contributed by atoms with Crippen molar-refractivity contribution in [3.8, 4) is 0 Å². The molecular formula is C10H18N4NiS4. The second-order valence-electron chi connectivity index (χ2n) is 4.19. The number of nitrogens with one attached hydrogen (secondary N) is 2. The SMILES string of the molecule is S=C([S-])NN1CCCC1.S=C([S-])NN1CCCC1.[Ni+2]. The first kappa shape index (κ1) is 19.6. The summed E-state index contributed by atoms with van der Waals surface area (Å²) in [5, 5.41) is 4.13. The topological polar surface area (TPSA) is 30.5 Å². The van der Waals surface area contributed by atoms with E-state index < -0.39 is 0 Å². The van der Waals surface area contributed by atoms with E-state index >= 15 is 0 Å². The molecule has 0 aliphatic carbocycles. The zero-order valence-corrected chi connectivity index (χ0v) is 14.8. The van der Waals surface area contributed by atoms with Crippen LogP contribution in [-0.2, 0) is 41.7 Å². The van der Waals surface area contributed by atoms with Crippen LogP contribution < -0.4 is 10.9 Å². The summed E-state index contributed by atoms with van der Waals surface area (Å²) in [5.74, 6) is 0. The normalized spacial score (nSPS) is 18.9. The van der Waals surface area contributed by atoms with Crippen LogP contribution >= 0.6 is 24.4 Å². The summed E-state index contributed by atoms with van der Waals surface area (Å²) in [6, 6.07) is 0. The Morgan fingerprint density at radius 2 is 1.00 bits per heavy atom. The van der Waals surface area contributed by atoms with Crippen molar-refractivity contribution < 1.29 is 16.5 Å². The molecule has 2 aliphatic rings. The van der Waals surface area contributed by atoms with E-state index in [9.17, 15) is 0 Å². The molecule has 0 radical (unpaired) electrons. The van der Waals surface area contributed by atoms with E-state index in [1.165, 1.54) is 25.7 Å². The van der Waals surface area contributed by atoms with Crippen LogP contribution in [0.5, 0.6) is 0 Å². The Labute approximate surface area is 147 Å². The molecule has 2 heterocycles. The molecule has 4 nitrogen and oxygen atoms in total. The van der Waals surface area contributed by atoms with E-state index in [1.807, 2.05) is 0 Å². The first-order valence-corrected chi connectivity index (χ1v) is 7.66. The van der Waals surface area contributed by atoms with Crippen molar-refractivity contribution in [1.82, 2.24) is 20.9 Å². The minimum Gasteiger partial charge on any atom is -0.410 e. The fourth-order valence-corrected chi connectivity index (χ4v) is 2.43. The van der Waals surface area contributed by atoms with E-state index in [2.05, 4.69) is 20.9 Å². The monoisotopic (exact) mass is 380 g/mol. The molecule has 19 heavy (non-hydrogen) atoms. The Bertz CT molecular complexity index is 253. The molecule has 9 heteroatoms. The first-order chi connectivity index (χ1) is 8.58. The van der Waals surface area contributed by atoms with Crippen molar-refractivity contribution in [3.63, 3.8) is 0 Å². The average Bonchev–Trinajstić information content (AvgIpc) is 2.90. The average molecular weight is 381 g/mol. The summed E-state index contributed by atoms with van der Waals surface area (Å²) in [4.78, 5) is 0. The number of thiocarbonyl (C=S) groups is 2. The fraction of sp³-hybridized carbons (Fsp3) is 0.800. The van der Waals surface area contributed by atoms with Crippen molar-refractivity contribution in [3.05, 3.63) is 0 Å². The van der Waals surface area contributed by atoms with Gasteiger partial charge in [0.1, 0.15) is 0 Å². The molecule has 0 aromatic heterocycles. The van der Waals surface area contributed by atoms with Crippen LogP contribution in [0.15, 0.2) is 0 Å². The van der Waals surface area contributed by atoms with Gasteiger partial charge in [-0.1, -0.05) is 0 Å². The van der Waals surface area contributed by atoms with Gasteiger partial charge >= 0.3 is 16.5 Å². The van der Waals surface area contributed by atoms with Crippen LogP contribution in [0.1, 0.15) is 25.7 Å². The smallest absolute Gasteiger partial charge is 0.410 e. The zero-order chi connectivity index (χ0) is 13.4. The minimum absolute atomic E-state index is 0. The van der Waals surface area contributed by atoms with Crippen molar-refractivity contribution >= 4 is 58.3 Å². The largest absolute Gasteiger partial charge is 2.00 e. The van der Waals surface area contributed by atoms with E-state index in [1.54, 1.807) is 0 Å². The third kappa shape index (κ3) is 10.1. The molecule has 0 atom stereocenters. The van der Waals surface area contributed by atoms with Gasteiger partial charge in [0.05, 0.1) is 0 Å². The summed E-state index contributed by atoms with van der Waals surface area (Å²) in [5.41, 5.74) is 5.84. The Balaban J connectivity index is 0.000000324. The predicted octanol–water partition coefficient (Wildman–Crippen LogP) is 0.835. The maximum absolute atomic E-state index is 4.69. The van der Waals surface area contributed by atoms with Crippen LogP contribution in [0.4, 0.5) is 0 Å². The first-order valence-electron chi connectivity index (χ1n) is 6.03. The summed E-state index contributed by atoms with van der Waals surface area (Å²) >= 11 is 18.8. The third-order valence-corrected chi connectivity index (χ3v) is 3.08. The molecule has 2 saturated heterocycles. The molecule has 2 fully saturated rings. The van der Waals surface area contributed by atoms with Gasteiger partial charge in [0.15, 0.2) is 0 Å². The maximum atomic E-state index is 4.69. The van der Waals surface area contributed by atoms with Crippen LogP contribution in [0.25, 0.3) is 0 Å². The second kappa shape index (κ2) is 11.3. The van der Waals surface area contributed by atoms with E-state index in [0.29, 0.717) is 8.64 Å². The molecule has 2 N–H and O–H groups in total. The van der Waals surface area contributed by atoms with Gasteiger partial charge < -0.3 is 60.5 Å². The van der Waals surface area contributed by atoms with Gasteiger partial charge in [-0.05, 0) is 34.3 Å². The molecule has 0 aromatic rings. The molecule has 0 amide bonds. The van der Waals surface area contributed by atoms with Crippen LogP contribution in [0.3, 0.4) is 0 Å². The van der Waals surface area contributed by atoms with Crippen molar-refractivity contribution in [1.29, 1.82) is 0 Å². The van der Waals surface area contributed by atoms with Crippen LogP contribution in [0, 0.1) is 0 Å². The van der Waals surface area contributed by atoms with Gasteiger partial charge in [-0.15, -0.1) is 0 Å². The Morgan fingerprint density at radius 3 is 1.21 bits per heavy atom. The van der Waals surface area contributed by atoms with Crippen molar-refractivity contribution in [2.24, 2.45) is 0 Å². The fourth-order valence-electron chi connectivity index (χ4n) is 1.92. The molecule has 0 unspecified atom stereocenters. The van der Waals surface area contributed by atoms with Crippen molar-refractivity contribution in [2.75, 3.05) is 26.2 Å². The zero-order valence-electron chi connectivity index (χ0n) is 10.5. The summed E-state index contributed by atoms with van der Waals surface area (Å²) < 4.78 is 0.911. The number of hydrogen-bond donors (Lipinski definition) is 2. The van der Waals surface area contributed by atoms with Gasteiger partial charge in [0.25, 0.3) is 0 Å². The number of rotatable bonds is 2.